The van der Waals surface area contributed by atoms with Gasteiger partial charge in [0, 0.05) is 0 Å². The quantitative estimate of drug-likeness (QED) is 0.558. The van der Waals surface area contributed by atoms with Crippen molar-refractivity contribution in [1.29, 1.82) is 0 Å². The lowest BCUT2D eigenvalue weighted by Crippen LogP contribution is -2.49. The van der Waals surface area contributed by atoms with E-state index in [2.05, 4.69) is 0 Å². The fraction of sp³-hybridized carbons (Fsp3) is 0.900. The zero-order valence-electron chi connectivity index (χ0n) is 10.3. The summed E-state index contributed by atoms with van der Waals surface area (Å²) in [5, 5.41) is -0.303. The lowest BCUT2D eigenvalue weighted by atomic mass is 10.2. The van der Waals surface area contributed by atoms with Crippen LogP contribution in [0.5, 0.6) is 0 Å². The molecule has 6 heteroatoms. The van der Waals surface area contributed by atoms with E-state index in [1.807, 2.05) is 20.8 Å². The molecule has 0 amide bonds. The number of aldehydes is 1. The van der Waals surface area contributed by atoms with E-state index in [1.54, 1.807) is 13.1 Å². The zero-order valence-corrected chi connectivity index (χ0v) is 11.3. The highest BCUT2D eigenvalue weighted by Gasteiger charge is 2.43. The van der Waals surface area contributed by atoms with E-state index in [9.17, 15) is 18.0 Å². The maximum Gasteiger partial charge on any atom is 0.266 e. The van der Waals surface area contributed by atoms with E-state index in [4.69, 9.17) is 4.43 Å². The highest BCUT2D eigenvalue weighted by molar-refractivity contribution is 6.74. The summed E-state index contributed by atoms with van der Waals surface area (Å²) in [6.45, 7) is 9.04. The predicted octanol–water partition coefficient (Wildman–Crippen LogP) is 3.18. The molecule has 0 spiro atoms. The van der Waals surface area contributed by atoms with E-state index in [0.29, 0.717) is 0 Å². The van der Waals surface area contributed by atoms with Crippen molar-refractivity contribution < 1.29 is 22.4 Å². The Bertz CT molecular complexity index is 239. The lowest BCUT2D eigenvalue weighted by molar-refractivity contribution is -0.120. The van der Waals surface area contributed by atoms with Crippen molar-refractivity contribution in [2.75, 3.05) is 0 Å². The number of carbonyl (C=O) groups is 1. The Hall–Kier alpha value is -0.363. The highest BCUT2D eigenvalue weighted by Crippen LogP contribution is 2.38. The standard InChI is InChI=1S/C10H19F3O2Si/c1-10(2,3)16(4,5)15-8(9(12)13)7(11)6-14/h6-9H,1-5H3. The van der Waals surface area contributed by atoms with Crippen LogP contribution >= 0.6 is 0 Å². The molecule has 0 aromatic carbocycles. The average molecular weight is 256 g/mol. The van der Waals surface area contributed by atoms with Gasteiger partial charge in [-0.2, -0.15) is 0 Å². The third-order valence-electron chi connectivity index (χ3n) is 2.93. The van der Waals surface area contributed by atoms with E-state index in [-0.39, 0.29) is 11.3 Å². The molecule has 0 heterocycles. The molecule has 0 rings (SSSR count). The monoisotopic (exact) mass is 256 g/mol. The second kappa shape index (κ2) is 5.31. The second-order valence-electron chi connectivity index (χ2n) is 5.26. The summed E-state index contributed by atoms with van der Waals surface area (Å²) in [5.41, 5.74) is 0. The summed E-state index contributed by atoms with van der Waals surface area (Å²) in [7, 11) is -2.49. The molecule has 0 saturated heterocycles. The molecule has 2 unspecified atom stereocenters. The minimum Gasteiger partial charge on any atom is -0.405 e. The van der Waals surface area contributed by atoms with Crippen LogP contribution in [0.25, 0.3) is 0 Å². The van der Waals surface area contributed by atoms with Crippen molar-refractivity contribution >= 4 is 14.6 Å². The first-order valence-electron chi connectivity index (χ1n) is 5.08. The summed E-state index contributed by atoms with van der Waals surface area (Å²) >= 11 is 0. The van der Waals surface area contributed by atoms with Gasteiger partial charge in [0.2, 0.25) is 0 Å². The van der Waals surface area contributed by atoms with Gasteiger partial charge in [-0.05, 0) is 18.1 Å². The fourth-order valence-electron chi connectivity index (χ4n) is 0.850. The van der Waals surface area contributed by atoms with Crippen LogP contribution in [0.2, 0.25) is 18.1 Å². The van der Waals surface area contributed by atoms with E-state index in [0.717, 1.165) is 0 Å². The smallest absolute Gasteiger partial charge is 0.266 e. The molecule has 2 atom stereocenters. The van der Waals surface area contributed by atoms with Crippen molar-refractivity contribution in [1.82, 2.24) is 0 Å². The molecular formula is C10H19F3O2Si. The number of hydrogen-bond acceptors (Lipinski definition) is 2. The molecule has 0 radical (unpaired) electrons. The number of rotatable bonds is 5. The van der Waals surface area contributed by atoms with Crippen LogP contribution in [-0.4, -0.2) is 33.3 Å². The average Bonchev–Trinajstić information content (AvgIpc) is 2.10. The first-order valence-corrected chi connectivity index (χ1v) is 7.99. The second-order valence-corrected chi connectivity index (χ2v) is 10.0. The normalized spacial score (nSPS) is 17.3. The summed E-state index contributed by atoms with van der Waals surface area (Å²) in [6.07, 6.45) is -7.34. The molecule has 0 aromatic rings. The molecule has 96 valence electrons. The third-order valence-corrected chi connectivity index (χ3v) is 7.40. The zero-order chi connectivity index (χ0) is 13.1. The number of hydrogen-bond donors (Lipinski definition) is 0. The molecule has 0 fully saturated rings. The van der Waals surface area contributed by atoms with Crippen molar-refractivity contribution in [3.05, 3.63) is 0 Å². The molecule has 0 N–H and O–H groups in total. The topological polar surface area (TPSA) is 26.3 Å². The predicted molar refractivity (Wildman–Crippen MR) is 59.0 cm³/mol. The highest BCUT2D eigenvalue weighted by atomic mass is 28.4. The van der Waals surface area contributed by atoms with E-state index >= 15 is 0 Å². The van der Waals surface area contributed by atoms with Gasteiger partial charge in [0.1, 0.15) is 6.10 Å². The summed E-state index contributed by atoms with van der Waals surface area (Å²) in [6, 6.07) is 0. The molecular weight excluding hydrogens is 237 g/mol. The Morgan fingerprint density at radius 1 is 1.19 bits per heavy atom. The molecule has 0 aliphatic rings. The Labute approximate surface area is 95.3 Å². The van der Waals surface area contributed by atoms with Gasteiger partial charge < -0.3 is 9.22 Å². The van der Waals surface area contributed by atoms with Crippen molar-refractivity contribution in [3.63, 3.8) is 0 Å². The number of halogens is 3. The van der Waals surface area contributed by atoms with E-state index in [1.165, 1.54) is 0 Å². The van der Waals surface area contributed by atoms with E-state index < -0.39 is 27.0 Å². The largest absolute Gasteiger partial charge is 0.405 e. The summed E-state index contributed by atoms with van der Waals surface area (Å²) in [5.74, 6) is 0. The minimum absolute atomic E-state index is 0.135. The van der Waals surface area contributed by atoms with Crippen LogP contribution in [0.15, 0.2) is 0 Å². The Balaban J connectivity index is 4.83. The van der Waals surface area contributed by atoms with Gasteiger partial charge in [0.25, 0.3) is 6.43 Å². The van der Waals surface area contributed by atoms with Crippen LogP contribution in [0.1, 0.15) is 20.8 Å². The van der Waals surface area contributed by atoms with Gasteiger partial charge in [-0.15, -0.1) is 0 Å². The Morgan fingerprint density at radius 3 is 1.88 bits per heavy atom. The van der Waals surface area contributed by atoms with Gasteiger partial charge >= 0.3 is 0 Å². The van der Waals surface area contributed by atoms with Gasteiger partial charge in [-0.25, -0.2) is 13.2 Å². The SMILES string of the molecule is CC(C)(C)[Si](C)(C)OC(C(F)F)C(F)C=O. The molecule has 0 bridgehead atoms. The Kier molecular flexibility index (Phi) is 5.19. The molecule has 0 aliphatic carbocycles. The van der Waals surface area contributed by atoms with Crippen LogP contribution in [-0.2, 0) is 9.22 Å². The summed E-state index contributed by atoms with van der Waals surface area (Å²) in [4.78, 5) is 10.2. The lowest BCUT2D eigenvalue weighted by Gasteiger charge is -2.39. The first kappa shape index (κ1) is 15.6. The minimum atomic E-state index is -2.99. The van der Waals surface area contributed by atoms with Crippen LogP contribution < -0.4 is 0 Å². The maximum absolute atomic E-state index is 13.0. The molecule has 0 aliphatic heterocycles. The van der Waals surface area contributed by atoms with Gasteiger partial charge in [0.15, 0.2) is 20.8 Å². The summed E-state index contributed by atoms with van der Waals surface area (Å²) < 4.78 is 43.3. The molecule has 2 nitrogen and oxygen atoms in total. The van der Waals surface area contributed by atoms with Gasteiger partial charge in [-0.1, -0.05) is 20.8 Å². The third kappa shape index (κ3) is 3.90. The van der Waals surface area contributed by atoms with Crippen LogP contribution in [0.4, 0.5) is 13.2 Å². The first-order chi connectivity index (χ1) is 7.03. The van der Waals surface area contributed by atoms with Crippen molar-refractivity contribution in [3.8, 4) is 0 Å². The maximum atomic E-state index is 13.0. The number of alkyl halides is 3. The van der Waals surface area contributed by atoms with Crippen LogP contribution in [0.3, 0.4) is 0 Å². The van der Waals surface area contributed by atoms with Gasteiger partial charge in [-0.3, -0.25) is 0 Å². The molecule has 0 aromatic heterocycles. The van der Waals surface area contributed by atoms with Crippen LogP contribution in [0, 0.1) is 0 Å². The number of carbonyl (C=O) groups excluding carboxylic acids is 1. The van der Waals surface area contributed by atoms with Gasteiger partial charge in [0.05, 0.1) is 0 Å². The molecule has 0 saturated carbocycles. The fourth-order valence-corrected chi connectivity index (χ4v) is 2.12. The van der Waals surface area contributed by atoms with Crippen molar-refractivity contribution in [2.45, 2.75) is 57.6 Å². The molecule has 16 heavy (non-hydrogen) atoms. The Morgan fingerprint density at radius 2 is 1.62 bits per heavy atom. The van der Waals surface area contributed by atoms with Crippen molar-refractivity contribution in [2.24, 2.45) is 0 Å².